The smallest absolute Gasteiger partial charge is 0.119 e. The highest BCUT2D eigenvalue weighted by Gasteiger charge is 1.89. The maximum Gasteiger partial charge on any atom is 0.119 e. The molecule has 1 aromatic carbocycles. The van der Waals surface area contributed by atoms with Crippen molar-refractivity contribution in [1.82, 2.24) is 0 Å². The second kappa shape index (κ2) is 8.21. The Hall–Kier alpha value is -0.400. The largest absolute Gasteiger partial charge is 0.494 e. The van der Waals surface area contributed by atoms with E-state index >= 15 is 0 Å². The van der Waals surface area contributed by atoms with E-state index < -0.39 is 0 Å². The molecule has 0 unspecified atom stereocenters. The molecule has 0 N–H and O–H groups in total. The van der Waals surface area contributed by atoms with Gasteiger partial charge >= 0.3 is 0 Å². The minimum atomic E-state index is 0.696. The highest BCUT2D eigenvalue weighted by Crippen LogP contribution is 2.14. The van der Waals surface area contributed by atoms with Gasteiger partial charge in [-0.3, -0.25) is 0 Å². The van der Waals surface area contributed by atoms with Gasteiger partial charge in [0.2, 0.25) is 0 Å². The van der Waals surface area contributed by atoms with Crippen LogP contribution in [0.1, 0.15) is 13.8 Å². The van der Waals surface area contributed by atoms with Crippen LogP contribution in [-0.4, -0.2) is 12.5 Å². The minimum absolute atomic E-state index is 0.696. The quantitative estimate of drug-likeness (QED) is 0.686. The molecule has 0 aliphatic rings. The Morgan fingerprint density at radius 2 is 1.62 bits per heavy atom. The van der Waals surface area contributed by atoms with Gasteiger partial charge in [-0.1, -0.05) is 18.5 Å². The van der Waals surface area contributed by atoms with Crippen LogP contribution in [0.5, 0.6) is 5.75 Å². The molecular formula is C10H14Cl2O. The van der Waals surface area contributed by atoms with Crippen LogP contribution in [0, 0.1) is 0 Å². The van der Waals surface area contributed by atoms with E-state index in [0.29, 0.717) is 6.61 Å². The second-order valence-corrected chi connectivity index (χ2v) is 3.13. The average Bonchev–Trinajstić information content (AvgIpc) is 2.11. The van der Waals surface area contributed by atoms with E-state index in [0.717, 1.165) is 16.7 Å². The molecule has 0 atom stereocenters. The Balaban J connectivity index is 0.000000424. The fourth-order valence-electron chi connectivity index (χ4n) is 0.697. The summed E-state index contributed by atoms with van der Waals surface area (Å²) in [5, 5.41) is 0.739. The third-order valence-electron chi connectivity index (χ3n) is 1.12. The van der Waals surface area contributed by atoms with Gasteiger partial charge in [0.15, 0.2) is 0 Å². The van der Waals surface area contributed by atoms with Crippen molar-refractivity contribution < 1.29 is 4.74 Å². The second-order valence-electron chi connectivity index (χ2n) is 2.15. The first-order valence-corrected chi connectivity index (χ1v) is 5.10. The maximum atomic E-state index is 5.66. The van der Waals surface area contributed by atoms with Crippen molar-refractivity contribution >= 4 is 23.2 Å². The summed E-state index contributed by atoms with van der Waals surface area (Å²) in [6.07, 6.45) is 0. The van der Waals surface area contributed by atoms with Crippen molar-refractivity contribution in [3.05, 3.63) is 29.3 Å². The van der Waals surface area contributed by atoms with E-state index in [1.54, 1.807) is 0 Å². The van der Waals surface area contributed by atoms with E-state index in [4.69, 9.17) is 27.9 Å². The Labute approximate surface area is 89.6 Å². The Morgan fingerprint density at radius 3 is 2.00 bits per heavy atom. The molecule has 0 amide bonds. The predicted molar refractivity (Wildman–Crippen MR) is 59.0 cm³/mol. The first-order valence-electron chi connectivity index (χ1n) is 4.18. The van der Waals surface area contributed by atoms with Crippen molar-refractivity contribution in [3.63, 3.8) is 0 Å². The molecule has 0 aliphatic heterocycles. The number of benzene rings is 1. The lowest BCUT2D eigenvalue weighted by molar-refractivity contribution is 0.340. The van der Waals surface area contributed by atoms with Gasteiger partial charge in [0.1, 0.15) is 5.75 Å². The Bertz CT molecular complexity index is 209. The number of ether oxygens (including phenoxy) is 1. The van der Waals surface area contributed by atoms with Gasteiger partial charge in [-0.2, -0.15) is 0 Å². The molecule has 0 aromatic heterocycles. The highest BCUT2D eigenvalue weighted by atomic mass is 35.5. The van der Waals surface area contributed by atoms with E-state index in [1.807, 2.05) is 38.1 Å². The van der Waals surface area contributed by atoms with Crippen LogP contribution in [0.4, 0.5) is 0 Å². The predicted octanol–water partition coefficient (Wildman–Crippen LogP) is 3.98. The van der Waals surface area contributed by atoms with Crippen LogP contribution in [-0.2, 0) is 0 Å². The van der Waals surface area contributed by atoms with Crippen LogP contribution < -0.4 is 4.74 Å². The van der Waals surface area contributed by atoms with Crippen LogP contribution in [0.25, 0.3) is 0 Å². The summed E-state index contributed by atoms with van der Waals surface area (Å²) in [6.45, 7) is 4.54. The van der Waals surface area contributed by atoms with Crippen molar-refractivity contribution in [1.29, 1.82) is 0 Å². The number of alkyl halides is 1. The number of rotatable bonds is 2. The minimum Gasteiger partial charge on any atom is -0.494 e. The SMILES string of the molecule is CCCl.CCOc1ccc(Cl)cc1. The molecule has 74 valence electrons. The average molecular weight is 221 g/mol. The Morgan fingerprint density at radius 1 is 1.15 bits per heavy atom. The van der Waals surface area contributed by atoms with E-state index in [-0.39, 0.29) is 0 Å². The molecule has 0 saturated heterocycles. The van der Waals surface area contributed by atoms with Crippen LogP contribution in [0.3, 0.4) is 0 Å². The van der Waals surface area contributed by atoms with Crippen LogP contribution in [0.2, 0.25) is 5.02 Å². The maximum absolute atomic E-state index is 5.66. The molecule has 0 aliphatic carbocycles. The standard InChI is InChI=1S/C8H9ClO.C2H5Cl/c1-2-10-8-5-3-7(9)4-6-8;1-2-3/h3-6H,2H2,1H3;2H2,1H3. The molecule has 0 spiro atoms. The van der Waals surface area contributed by atoms with E-state index in [2.05, 4.69) is 0 Å². The third-order valence-corrected chi connectivity index (χ3v) is 1.38. The fourth-order valence-corrected chi connectivity index (χ4v) is 0.823. The lowest BCUT2D eigenvalue weighted by Crippen LogP contribution is -1.89. The van der Waals surface area contributed by atoms with Crippen molar-refractivity contribution in [2.45, 2.75) is 13.8 Å². The van der Waals surface area contributed by atoms with E-state index in [9.17, 15) is 0 Å². The van der Waals surface area contributed by atoms with Crippen molar-refractivity contribution in [2.75, 3.05) is 12.5 Å². The topological polar surface area (TPSA) is 9.23 Å². The summed E-state index contributed by atoms with van der Waals surface area (Å²) < 4.78 is 5.20. The highest BCUT2D eigenvalue weighted by molar-refractivity contribution is 6.30. The normalized spacial score (nSPS) is 8.62. The molecule has 0 fully saturated rings. The molecular weight excluding hydrogens is 207 g/mol. The summed E-state index contributed by atoms with van der Waals surface area (Å²) in [5.74, 6) is 1.59. The molecule has 1 aromatic rings. The van der Waals surface area contributed by atoms with Gasteiger partial charge in [-0.15, -0.1) is 11.6 Å². The lowest BCUT2D eigenvalue weighted by atomic mass is 10.3. The number of hydrogen-bond acceptors (Lipinski definition) is 1. The van der Waals surface area contributed by atoms with Gasteiger partial charge in [0, 0.05) is 10.9 Å². The summed E-state index contributed by atoms with van der Waals surface area (Å²) in [5.41, 5.74) is 0. The zero-order chi connectivity index (χ0) is 10.1. The Kier molecular flexibility index (Phi) is 7.96. The molecule has 3 heteroatoms. The summed E-state index contributed by atoms with van der Waals surface area (Å²) in [4.78, 5) is 0. The monoisotopic (exact) mass is 220 g/mol. The molecule has 0 heterocycles. The van der Waals surface area contributed by atoms with Gasteiger partial charge in [-0.25, -0.2) is 0 Å². The zero-order valence-electron chi connectivity index (χ0n) is 7.89. The first-order chi connectivity index (χ1) is 6.24. The van der Waals surface area contributed by atoms with Gasteiger partial charge in [-0.05, 0) is 31.2 Å². The summed E-state index contributed by atoms with van der Waals surface area (Å²) >= 11 is 10.7. The summed E-state index contributed by atoms with van der Waals surface area (Å²) in [6, 6.07) is 7.33. The molecule has 0 bridgehead atoms. The fraction of sp³-hybridized carbons (Fsp3) is 0.400. The molecule has 0 saturated carbocycles. The van der Waals surface area contributed by atoms with Crippen molar-refractivity contribution in [2.24, 2.45) is 0 Å². The van der Waals surface area contributed by atoms with Crippen LogP contribution >= 0.6 is 23.2 Å². The van der Waals surface area contributed by atoms with Crippen LogP contribution in [0.15, 0.2) is 24.3 Å². The first kappa shape index (κ1) is 12.6. The van der Waals surface area contributed by atoms with Gasteiger partial charge in [0.25, 0.3) is 0 Å². The van der Waals surface area contributed by atoms with E-state index in [1.165, 1.54) is 0 Å². The molecule has 13 heavy (non-hydrogen) atoms. The lowest BCUT2D eigenvalue weighted by Gasteiger charge is -2.00. The number of hydrogen-bond donors (Lipinski definition) is 0. The number of halogens is 2. The zero-order valence-corrected chi connectivity index (χ0v) is 9.40. The molecule has 1 rings (SSSR count). The van der Waals surface area contributed by atoms with Gasteiger partial charge < -0.3 is 4.74 Å². The molecule has 0 radical (unpaired) electrons. The third kappa shape index (κ3) is 6.73. The molecule has 1 nitrogen and oxygen atoms in total. The summed E-state index contributed by atoms with van der Waals surface area (Å²) in [7, 11) is 0. The van der Waals surface area contributed by atoms with Gasteiger partial charge in [0.05, 0.1) is 6.61 Å². The van der Waals surface area contributed by atoms with Crippen molar-refractivity contribution in [3.8, 4) is 5.75 Å².